The van der Waals surface area contributed by atoms with Crippen LogP contribution >= 0.6 is 0 Å². The first kappa shape index (κ1) is 19.0. The fourth-order valence-electron chi connectivity index (χ4n) is 2.52. The zero-order valence-corrected chi connectivity index (χ0v) is 15.8. The lowest BCUT2D eigenvalue weighted by atomic mass is 10.1. The van der Waals surface area contributed by atoms with Gasteiger partial charge in [0.25, 0.3) is 5.91 Å². The smallest absolute Gasteiger partial charge is 0.337 e. The van der Waals surface area contributed by atoms with Gasteiger partial charge in [-0.15, -0.1) is 0 Å². The van der Waals surface area contributed by atoms with Crippen LogP contribution in [0.25, 0.3) is 0 Å². The minimum atomic E-state index is -0.435. The standard InChI is InChI=1S/C21H20N4O3/c1-13-4-7-17(10-14(13)2)24-19-11-18(22-12-23-19)20(26)25-16-8-5-15(6-9-16)21(27)28-3/h4-12H,1-3H3,(H,25,26)(H,22,23,24). The molecule has 2 N–H and O–H groups in total. The van der Waals surface area contributed by atoms with Gasteiger partial charge in [0.05, 0.1) is 12.7 Å². The van der Waals surface area contributed by atoms with Crippen molar-refractivity contribution in [3.8, 4) is 0 Å². The van der Waals surface area contributed by atoms with Gasteiger partial charge in [0, 0.05) is 17.4 Å². The van der Waals surface area contributed by atoms with Crippen molar-refractivity contribution in [1.29, 1.82) is 0 Å². The highest BCUT2D eigenvalue weighted by Crippen LogP contribution is 2.19. The molecule has 28 heavy (non-hydrogen) atoms. The first-order chi connectivity index (χ1) is 13.5. The maximum absolute atomic E-state index is 12.5. The molecule has 2 aromatic carbocycles. The Morgan fingerprint density at radius 2 is 1.61 bits per heavy atom. The molecule has 3 aromatic rings. The van der Waals surface area contributed by atoms with Gasteiger partial charge < -0.3 is 15.4 Å². The van der Waals surface area contributed by atoms with E-state index >= 15 is 0 Å². The molecule has 0 aliphatic rings. The number of amides is 1. The van der Waals surface area contributed by atoms with Gasteiger partial charge in [-0.2, -0.15) is 0 Å². The summed E-state index contributed by atoms with van der Waals surface area (Å²) in [5.41, 5.74) is 4.41. The molecule has 0 atom stereocenters. The summed E-state index contributed by atoms with van der Waals surface area (Å²) in [6.45, 7) is 4.08. The molecule has 7 nitrogen and oxygen atoms in total. The number of hydrogen-bond acceptors (Lipinski definition) is 6. The van der Waals surface area contributed by atoms with Crippen molar-refractivity contribution in [2.75, 3.05) is 17.7 Å². The van der Waals surface area contributed by atoms with Crippen molar-refractivity contribution < 1.29 is 14.3 Å². The Hall–Kier alpha value is -3.74. The zero-order chi connectivity index (χ0) is 20.1. The van der Waals surface area contributed by atoms with E-state index in [4.69, 9.17) is 0 Å². The largest absolute Gasteiger partial charge is 0.465 e. The van der Waals surface area contributed by atoms with Gasteiger partial charge in [-0.3, -0.25) is 4.79 Å². The third-order valence-corrected chi connectivity index (χ3v) is 4.24. The van der Waals surface area contributed by atoms with Crippen LogP contribution in [0.1, 0.15) is 32.0 Å². The molecule has 0 aliphatic heterocycles. The number of methoxy groups -OCH3 is 1. The number of hydrogen-bond donors (Lipinski definition) is 2. The third kappa shape index (κ3) is 4.50. The molecule has 0 spiro atoms. The Labute approximate surface area is 162 Å². The molecule has 0 saturated carbocycles. The van der Waals surface area contributed by atoms with E-state index in [1.165, 1.54) is 19.0 Å². The van der Waals surface area contributed by atoms with Crippen LogP contribution < -0.4 is 10.6 Å². The summed E-state index contributed by atoms with van der Waals surface area (Å²) in [7, 11) is 1.32. The van der Waals surface area contributed by atoms with E-state index in [1.54, 1.807) is 30.3 Å². The minimum Gasteiger partial charge on any atom is -0.465 e. The number of nitrogens with one attached hydrogen (secondary N) is 2. The van der Waals surface area contributed by atoms with Crippen LogP contribution in [-0.4, -0.2) is 29.0 Å². The van der Waals surface area contributed by atoms with E-state index in [9.17, 15) is 9.59 Å². The average molecular weight is 376 g/mol. The van der Waals surface area contributed by atoms with Crippen molar-refractivity contribution in [1.82, 2.24) is 9.97 Å². The minimum absolute atomic E-state index is 0.221. The van der Waals surface area contributed by atoms with Crippen molar-refractivity contribution >= 4 is 29.1 Å². The predicted molar refractivity (Wildman–Crippen MR) is 107 cm³/mol. The number of benzene rings is 2. The molecule has 3 rings (SSSR count). The Morgan fingerprint density at radius 3 is 2.29 bits per heavy atom. The summed E-state index contributed by atoms with van der Waals surface area (Å²) in [4.78, 5) is 32.1. The van der Waals surface area contributed by atoms with E-state index in [-0.39, 0.29) is 11.6 Å². The molecule has 0 fully saturated rings. The SMILES string of the molecule is COC(=O)c1ccc(NC(=O)c2cc(Nc3ccc(C)c(C)c3)ncn2)cc1. The number of carbonyl (C=O) groups is 2. The molecule has 0 aliphatic carbocycles. The summed E-state index contributed by atoms with van der Waals surface area (Å²) in [6, 6.07) is 14.0. The van der Waals surface area contributed by atoms with E-state index in [2.05, 4.69) is 25.3 Å². The second kappa shape index (κ2) is 8.30. The van der Waals surface area contributed by atoms with E-state index in [1.807, 2.05) is 32.0 Å². The van der Waals surface area contributed by atoms with Crippen LogP contribution in [-0.2, 0) is 4.74 Å². The second-order valence-electron chi connectivity index (χ2n) is 6.24. The highest BCUT2D eigenvalue weighted by atomic mass is 16.5. The van der Waals surface area contributed by atoms with Crippen LogP contribution in [0.5, 0.6) is 0 Å². The van der Waals surface area contributed by atoms with Gasteiger partial charge in [0.2, 0.25) is 0 Å². The molecular formula is C21H20N4O3. The van der Waals surface area contributed by atoms with Gasteiger partial charge in [0.1, 0.15) is 17.8 Å². The molecule has 1 amide bonds. The summed E-state index contributed by atoms with van der Waals surface area (Å²) in [5.74, 6) is -0.295. The molecule has 0 bridgehead atoms. The Bertz CT molecular complexity index is 1020. The summed E-state index contributed by atoms with van der Waals surface area (Å²) in [5, 5.41) is 5.92. The molecule has 1 heterocycles. The first-order valence-electron chi connectivity index (χ1n) is 8.62. The lowest BCUT2D eigenvalue weighted by molar-refractivity contribution is 0.0600. The molecule has 0 saturated heterocycles. The number of carbonyl (C=O) groups excluding carboxylic acids is 2. The summed E-state index contributed by atoms with van der Waals surface area (Å²) in [6.07, 6.45) is 1.33. The zero-order valence-electron chi connectivity index (χ0n) is 15.8. The van der Waals surface area contributed by atoms with Gasteiger partial charge in [-0.25, -0.2) is 14.8 Å². The predicted octanol–water partition coefficient (Wildman–Crippen LogP) is 3.88. The first-order valence-corrected chi connectivity index (χ1v) is 8.62. The van der Waals surface area contributed by atoms with Crippen LogP contribution in [0.4, 0.5) is 17.2 Å². The molecule has 0 unspecified atom stereocenters. The topological polar surface area (TPSA) is 93.2 Å². The van der Waals surface area contributed by atoms with Crippen LogP contribution in [0.3, 0.4) is 0 Å². The van der Waals surface area contributed by atoms with Crippen molar-refractivity contribution in [3.63, 3.8) is 0 Å². The lowest BCUT2D eigenvalue weighted by Gasteiger charge is -2.09. The molecular weight excluding hydrogens is 356 g/mol. The molecule has 1 aromatic heterocycles. The van der Waals surface area contributed by atoms with E-state index < -0.39 is 5.97 Å². The van der Waals surface area contributed by atoms with Gasteiger partial charge >= 0.3 is 5.97 Å². The van der Waals surface area contributed by atoms with Crippen LogP contribution in [0.15, 0.2) is 54.9 Å². The van der Waals surface area contributed by atoms with Crippen molar-refractivity contribution in [2.24, 2.45) is 0 Å². The molecule has 7 heteroatoms. The maximum atomic E-state index is 12.5. The third-order valence-electron chi connectivity index (χ3n) is 4.24. The fourth-order valence-corrected chi connectivity index (χ4v) is 2.52. The van der Waals surface area contributed by atoms with Crippen LogP contribution in [0.2, 0.25) is 0 Å². The normalized spacial score (nSPS) is 10.2. The Morgan fingerprint density at radius 1 is 0.893 bits per heavy atom. The summed E-state index contributed by atoms with van der Waals surface area (Å²) >= 11 is 0. The number of rotatable bonds is 5. The second-order valence-corrected chi connectivity index (χ2v) is 6.24. The average Bonchev–Trinajstić information content (AvgIpc) is 2.71. The van der Waals surface area contributed by atoms with Gasteiger partial charge in [0.15, 0.2) is 0 Å². The summed E-state index contributed by atoms with van der Waals surface area (Å²) < 4.78 is 4.65. The fraction of sp³-hybridized carbons (Fsp3) is 0.143. The molecule has 0 radical (unpaired) electrons. The molecule has 142 valence electrons. The highest BCUT2D eigenvalue weighted by molar-refractivity contribution is 6.03. The number of nitrogens with zero attached hydrogens (tertiary/aromatic N) is 2. The van der Waals surface area contributed by atoms with Crippen molar-refractivity contribution in [2.45, 2.75) is 13.8 Å². The Balaban J connectivity index is 1.71. The van der Waals surface area contributed by atoms with Gasteiger partial charge in [-0.05, 0) is 61.4 Å². The van der Waals surface area contributed by atoms with Crippen molar-refractivity contribution in [3.05, 3.63) is 77.2 Å². The number of aromatic nitrogens is 2. The highest BCUT2D eigenvalue weighted by Gasteiger charge is 2.11. The van der Waals surface area contributed by atoms with E-state index in [0.717, 1.165) is 11.3 Å². The number of aryl methyl sites for hydroxylation is 2. The van der Waals surface area contributed by atoms with E-state index in [0.29, 0.717) is 17.1 Å². The number of esters is 1. The monoisotopic (exact) mass is 376 g/mol. The van der Waals surface area contributed by atoms with Crippen LogP contribution in [0, 0.1) is 13.8 Å². The number of ether oxygens (including phenoxy) is 1. The lowest BCUT2D eigenvalue weighted by Crippen LogP contribution is -2.14. The van der Waals surface area contributed by atoms with Gasteiger partial charge in [-0.1, -0.05) is 6.07 Å². The Kier molecular flexibility index (Phi) is 5.64. The number of anilines is 3. The quantitative estimate of drug-likeness (QED) is 0.657. The maximum Gasteiger partial charge on any atom is 0.337 e.